The smallest absolute Gasteiger partial charge is 0.270 e. The first-order chi connectivity index (χ1) is 9.82. The first-order valence-corrected chi connectivity index (χ1v) is 7.24. The minimum Gasteiger partial charge on any atom is -0.398 e. The van der Waals surface area contributed by atoms with E-state index in [2.05, 4.69) is 10.2 Å². The number of nitro benzene ring substituents is 1. The van der Waals surface area contributed by atoms with Crippen LogP contribution in [0.5, 0.6) is 0 Å². The summed E-state index contributed by atoms with van der Waals surface area (Å²) in [4.78, 5) is 9.80. The number of anilines is 1. The summed E-state index contributed by atoms with van der Waals surface area (Å²) in [6.07, 6.45) is 3.05. The number of hydrogen-bond acceptors (Lipinski definition) is 6. The second kappa shape index (κ2) is 5.50. The molecule has 0 saturated heterocycles. The Morgan fingerprint density at radius 3 is 2.76 bits per heavy atom. The number of hydrogen-bond donors (Lipinski definition) is 2. The molecular weight excluding hydrogens is 298 g/mol. The van der Waals surface area contributed by atoms with Gasteiger partial charge in [-0.3, -0.25) is 15.2 Å². The zero-order valence-electron chi connectivity index (χ0n) is 11.1. The van der Waals surface area contributed by atoms with Crippen LogP contribution in [0.2, 0.25) is 0 Å². The molecule has 1 aromatic heterocycles. The number of sulfonamides is 1. The lowest BCUT2D eigenvalue weighted by molar-refractivity contribution is -0.385. The van der Waals surface area contributed by atoms with Crippen LogP contribution in [0, 0.1) is 10.1 Å². The fourth-order valence-electron chi connectivity index (χ4n) is 1.73. The molecule has 0 spiro atoms. The van der Waals surface area contributed by atoms with Crippen molar-refractivity contribution in [2.24, 2.45) is 0 Å². The maximum absolute atomic E-state index is 12.4. The number of benzene rings is 1. The van der Waals surface area contributed by atoms with Gasteiger partial charge in [0.15, 0.2) is 0 Å². The van der Waals surface area contributed by atoms with E-state index in [4.69, 9.17) is 5.73 Å². The fourth-order valence-corrected chi connectivity index (χ4v) is 3.02. The van der Waals surface area contributed by atoms with Gasteiger partial charge < -0.3 is 5.73 Å². The molecule has 9 nitrogen and oxygen atoms in total. The van der Waals surface area contributed by atoms with Gasteiger partial charge in [-0.2, -0.15) is 9.40 Å². The molecule has 1 aromatic carbocycles. The lowest BCUT2D eigenvalue weighted by atomic mass is 10.3. The Bertz CT molecular complexity index is 757. The van der Waals surface area contributed by atoms with Crippen molar-refractivity contribution in [3.05, 3.63) is 46.3 Å². The topological polar surface area (TPSA) is 135 Å². The third-order valence-electron chi connectivity index (χ3n) is 2.86. The van der Waals surface area contributed by atoms with Crippen LogP contribution < -0.4 is 5.73 Å². The van der Waals surface area contributed by atoms with Crippen molar-refractivity contribution in [3.8, 4) is 0 Å². The summed E-state index contributed by atoms with van der Waals surface area (Å²) in [5, 5.41) is 17.1. The summed E-state index contributed by atoms with van der Waals surface area (Å²) < 4.78 is 25.9. The van der Waals surface area contributed by atoms with Gasteiger partial charge in [-0.1, -0.05) is 0 Å². The Labute approximate surface area is 120 Å². The number of non-ortho nitro benzene ring substituents is 1. The average Bonchev–Trinajstić information content (AvgIpc) is 2.91. The lowest BCUT2D eigenvalue weighted by Gasteiger charge is -2.17. The molecule has 0 aliphatic carbocycles. The normalized spacial score (nSPS) is 11.7. The highest BCUT2D eigenvalue weighted by Crippen LogP contribution is 2.26. The van der Waals surface area contributed by atoms with Crippen molar-refractivity contribution in [3.63, 3.8) is 0 Å². The number of aromatic amines is 1. The minimum absolute atomic E-state index is 0.0420. The minimum atomic E-state index is -3.94. The van der Waals surface area contributed by atoms with Crippen molar-refractivity contribution in [1.29, 1.82) is 0 Å². The Morgan fingerprint density at radius 1 is 1.48 bits per heavy atom. The predicted octanol–water partition coefficient (Wildman–Crippen LogP) is 0.721. The van der Waals surface area contributed by atoms with Crippen molar-refractivity contribution in [2.45, 2.75) is 11.4 Å². The van der Waals surface area contributed by atoms with Crippen LogP contribution in [0.15, 0.2) is 35.5 Å². The largest absolute Gasteiger partial charge is 0.398 e. The van der Waals surface area contributed by atoms with Gasteiger partial charge in [0.2, 0.25) is 10.0 Å². The first-order valence-electron chi connectivity index (χ1n) is 5.80. The first kappa shape index (κ1) is 14.9. The molecule has 2 rings (SSSR count). The highest BCUT2D eigenvalue weighted by atomic mass is 32.2. The van der Waals surface area contributed by atoms with Crippen LogP contribution >= 0.6 is 0 Å². The number of nitrogens with two attached hydrogens (primary N) is 1. The maximum Gasteiger partial charge on any atom is 0.270 e. The molecule has 0 amide bonds. The number of H-pyrrole nitrogens is 1. The molecule has 10 heteroatoms. The molecular formula is C11H13N5O4S. The van der Waals surface area contributed by atoms with Crippen LogP contribution in [0.25, 0.3) is 0 Å². The summed E-state index contributed by atoms with van der Waals surface area (Å²) in [6.45, 7) is 0.0704. The van der Waals surface area contributed by atoms with Crippen molar-refractivity contribution in [2.75, 3.05) is 12.8 Å². The molecule has 0 bridgehead atoms. The Kier molecular flexibility index (Phi) is 3.91. The fraction of sp³-hybridized carbons (Fsp3) is 0.182. The van der Waals surface area contributed by atoms with Crippen molar-refractivity contribution < 1.29 is 13.3 Å². The van der Waals surface area contributed by atoms with E-state index < -0.39 is 14.9 Å². The average molecular weight is 311 g/mol. The van der Waals surface area contributed by atoms with Gasteiger partial charge in [0, 0.05) is 37.5 Å². The van der Waals surface area contributed by atoms with E-state index in [1.807, 2.05) is 0 Å². The molecule has 21 heavy (non-hydrogen) atoms. The highest BCUT2D eigenvalue weighted by molar-refractivity contribution is 7.89. The molecule has 0 atom stereocenters. The lowest BCUT2D eigenvalue weighted by Crippen LogP contribution is -2.27. The van der Waals surface area contributed by atoms with Gasteiger partial charge in [-0.05, 0) is 6.07 Å². The molecule has 0 aliphatic heterocycles. The Morgan fingerprint density at radius 2 is 2.19 bits per heavy atom. The molecule has 0 radical (unpaired) electrons. The standard InChI is InChI=1S/C11H13N5O4S/c1-15(7-8-5-13-14-6-8)21(19,20)11-4-9(16(17)18)2-3-10(11)12/h2-6H,7,12H2,1H3,(H,13,14). The molecule has 1 heterocycles. The van der Waals surface area contributed by atoms with Gasteiger partial charge in [0.1, 0.15) is 4.90 Å². The van der Waals surface area contributed by atoms with Crippen LogP contribution in [0.3, 0.4) is 0 Å². The van der Waals surface area contributed by atoms with Gasteiger partial charge >= 0.3 is 0 Å². The monoisotopic (exact) mass is 311 g/mol. The zero-order valence-corrected chi connectivity index (χ0v) is 11.9. The molecule has 0 unspecified atom stereocenters. The molecule has 0 aliphatic rings. The van der Waals surface area contributed by atoms with E-state index in [0.29, 0.717) is 5.56 Å². The molecule has 0 saturated carbocycles. The number of nitrogens with one attached hydrogen (secondary N) is 1. The maximum atomic E-state index is 12.4. The summed E-state index contributed by atoms with van der Waals surface area (Å²) in [5.74, 6) is 0. The number of aromatic nitrogens is 2. The van der Waals surface area contributed by atoms with Crippen LogP contribution in [-0.2, 0) is 16.6 Å². The van der Waals surface area contributed by atoms with E-state index in [9.17, 15) is 18.5 Å². The number of nitrogen functional groups attached to an aromatic ring is 1. The van der Waals surface area contributed by atoms with Gasteiger partial charge in [-0.15, -0.1) is 0 Å². The molecule has 0 fully saturated rings. The zero-order chi connectivity index (χ0) is 15.6. The predicted molar refractivity (Wildman–Crippen MR) is 74.7 cm³/mol. The van der Waals surface area contributed by atoms with Gasteiger partial charge in [0.05, 0.1) is 16.8 Å². The summed E-state index contributed by atoms with van der Waals surface area (Å²) in [6, 6.07) is 3.32. The second-order valence-corrected chi connectivity index (χ2v) is 6.36. The number of nitro groups is 1. The second-order valence-electron chi connectivity index (χ2n) is 4.35. The highest BCUT2D eigenvalue weighted by Gasteiger charge is 2.26. The molecule has 112 valence electrons. The number of nitrogens with zero attached hydrogens (tertiary/aromatic N) is 3. The van der Waals surface area contributed by atoms with E-state index in [-0.39, 0.29) is 22.8 Å². The van der Waals surface area contributed by atoms with Crippen LogP contribution in [0.4, 0.5) is 11.4 Å². The third-order valence-corrected chi connectivity index (χ3v) is 4.72. The van der Waals surface area contributed by atoms with Crippen LogP contribution in [-0.4, -0.2) is 34.9 Å². The third kappa shape index (κ3) is 3.01. The summed E-state index contributed by atoms with van der Waals surface area (Å²) in [7, 11) is -2.58. The summed E-state index contributed by atoms with van der Waals surface area (Å²) >= 11 is 0. The van der Waals surface area contributed by atoms with E-state index in [0.717, 1.165) is 16.4 Å². The van der Waals surface area contributed by atoms with Crippen LogP contribution in [0.1, 0.15) is 5.56 Å². The van der Waals surface area contributed by atoms with Crippen molar-refractivity contribution in [1.82, 2.24) is 14.5 Å². The SMILES string of the molecule is CN(Cc1cn[nH]c1)S(=O)(=O)c1cc([N+](=O)[O-])ccc1N. The van der Waals surface area contributed by atoms with E-state index in [1.54, 1.807) is 6.20 Å². The van der Waals surface area contributed by atoms with E-state index >= 15 is 0 Å². The van der Waals surface area contributed by atoms with Crippen molar-refractivity contribution >= 4 is 21.4 Å². The number of rotatable bonds is 5. The van der Waals surface area contributed by atoms with Gasteiger partial charge in [-0.25, -0.2) is 8.42 Å². The molecule has 3 N–H and O–H groups in total. The quantitative estimate of drug-likeness (QED) is 0.474. The Balaban J connectivity index is 2.38. The molecule has 2 aromatic rings. The van der Waals surface area contributed by atoms with Gasteiger partial charge in [0.25, 0.3) is 5.69 Å². The van der Waals surface area contributed by atoms with E-state index in [1.165, 1.54) is 19.3 Å². The Hall–Kier alpha value is -2.46. The summed E-state index contributed by atoms with van der Waals surface area (Å²) in [5.41, 5.74) is 5.92.